The number of para-hydroxylation sites is 2. The van der Waals surface area contributed by atoms with Crippen molar-refractivity contribution in [2.45, 2.75) is 27.7 Å². The summed E-state index contributed by atoms with van der Waals surface area (Å²) >= 11 is 0. The van der Waals surface area contributed by atoms with Gasteiger partial charge in [0.15, 0.2) is 0 Å². The average molecular weight is 672 g/mol. The molecule has 0 atom stereocenters. The third-order valence-electron chi connectivity index (χ3n) is 9.23. The highest BCUT2D eigenvalue weighted by atomic mass is 16.6. The second-order valence-corrected chi connectivity index (χ2v) is 12.6. The van der Waals surface area contributed by atoms with Crippen LogP contribution in [0, 0.1) is 37.8 Å². The van der Waals surface area contributed by atoms with Crippen molar-refractivity contribution in [3.8, 4) is 22.5 Å². The van der Waals surface area contributed by atoms with E-state index in [-0.39, 0.29) is 17.1 Å². The van der Waals surface area contributed by atoms with E-state index >= 15 is 0 Å². The molecule has 0 unspecified atom stereocenters. The van der Waals surface area contributed by atoms with Gasteiger partial charge in [-0.1, -0.05) is 60.7 Å². The number of nitro groups is 1. The molecule has 2 heterocycles. The fourth-order valence-electron chi connectivity index (χ4n) is 6.08. The van der Waals surface area contributed by atoms with Crippen LogP contribution in [0.25, 0.3) is 44.3 Å². The molecule has 5 aromatic carbocycles. The van der Waals surface area contributed by atoms with E-state index in [1.807, 2.05) is 107 Å². The van der Waals surface area contributed by atoms with Crippen molar-refractivity contribution < 1.29 is 14.5 Å². The number of aryl methyl sites for hydroxylation is 4. The van der Waals surface area contributed by atoms with E-state index in [0.29, 0.717) is 44.3 Å². The predicted molar refractivity (Wildman–Crippen MR) is 202 cm³/mol. The molecule has 0 saturated heterocycles. The lowest BCUT2D eigenvalue weighted by molar-refractivity contribution is -0.383. The number of nitrogens with zero attached hydrogens (tertiary/aromatic N) is 3. The van der Waals surface area contributed by atoms with Gasteiger partial charge >= 0.3 is 0 Å². The van der Waals surface area contributed by atoms with Crippen LogP contribution in [0.4, 0.5) is 17.1 Å². The number of rotatable bonds is 7. The van der Waals surface area contributed by atoms with E-state index in [1.165, 1.54) is 18.2 Å². The molecule has 0 fully saturated rings. The van der Waals surface area contributed by atoms with E-state index in [9.17, 15) is 19.7 Å². The topological polar surface area (TPSA) is 127 Å². The molecular weight excluding hydrogens is 638 g/mol. The van der Waals surface area contributed by atoms with Crippen molar-refractivity contribution in [2.24, 2.45) is 0 Å². The molecule has 0 radical (unpaired) electrons. The van der Waals surface area contributed by atoms with Gasteiger partial charge in [0, 0.05) is 33.7 Å². The minimum absolute atomic E-state index is 0.0631. The zero-order valence-electron chi connectivity index (χ0n) is 28.4. The fourth-order valence-corrected chi connectivity index (χ4v) is 6.08. The summed E-state index contributed by atoms with van der Waals surface area (Å²) in [5, 5.41) is 19.0. The summed E-state index contributed by atoms with van der Waals surface area (Å²) in [4.78, 5) is 49.0. The lowest BCUT2D eigenvalue weighted by atomic mass is 10.0. The first kappa shape index (κ1) is 32.8. The maximum absolute atomic E-state index is 14.0. The van der Waals surface area contributed by atoms with Crippen molar-refractivity contribution in [3.05, 3.63) is 159 Å². The van der Waals surface area contributed by atoms with Gasteiger partial charge in [-0.05, 0) is 98.5 Å². The maximum Gasteiger partial charge on any atom is 0.292 e. The van der Waals surface area contributed by atoms with Crippen molar-refractivity contribution in [3.63, 3.8) is 0 Å². The highest BCUT2D eigenvalue weighted by molar-refractivity contribution is 6.15. The second kappa shape index (κ2) is 13.3. The third kappa shape index (κ3) is 6.52. The van der Waals surface area contributed by atoms with Gasteiger partial charge in [-0.15, -0.1) is 0 Å². The summed E-state index contributed by atoms with van der Waals surface area (Å²) in [6, 6.07) is 34.2. The van der Waals surface area contributed by atoms with Crippen molar-refractivity contribution in [1.82, 2.24) is 9.97 Å². The number of hydrogen-bond donors (Lipinski definition) is 2. The number of amides is 2. The molecule has 7 aromatic rings. The Balaban J connectivity index is 1.24. The quantitative estimate of drug-likeness (QED) is 0.128. The molecule has 51 heavy (non-hydrogen) atoms. The van der Waals surface area contributed by atoms with Gasteiger partial charge in [-0.2, -0.15) is 0 Å². The van der Waals surface area contributed by atoms with Crippen LogP contribution in [-0.4, -0.2) is 26.7 Å². The monoisotopic (exact) mass is 671 g/mol. The van der Waals surface area contributed by atoms with Gasteiger partial charge < -0.3 is 10.6 Å². The Bertz CT molecular complexity index is 2560. The Kier molecular flexibility index (Phi) is 8.54. The number of fused-ring (bicyclic) bond motifs is 2. The van der Waals surface area contributed by atoms with Gasteiger partial charge in [0.1, 0.15) is 5.69 Å². The molecule has 9 nitrogen and oxygen atoms in total. The van der Waals surface area contributed by atoms with Crippen molar-refractivity contribution in [2.75, 3.05) is 10.6 Å². The van der Waals surface area contributed by atoms with E-state index in [0.717, 1.165) is 33.4 Å². The molecule has 0 aliphatic carbocycles. The Hall–Kier alpha value is -6.74. The predicted octanol–water partition coefficient (Wildman–Crippen LogP) is 9.76. The Morgan fingerprint density at radius 3 is 1.55 bits per heavy atom. The molecule has 9 heteroatoms. The molecule has 2 amide bonds. The SMILES string of the molecule is Cc1ccc(-c2cc(C(=O)Nc3ccc([N+](=O)[O-])c(NC(=O)c4cc(-c5ccc(C)c(C)c5)nc5ccccc45)c3)c3ccccc3n2)cc1C. The average Bonchev–Trinajstić information content (AvgIpc) is 3.12. The summed E-state index contributed by atoms with van der Waals surface area (Å²) in [6.07, 6.45) is 0. The number of carbonyl (C=O) groups excluding carboxylic acids is 2. The molecule has 0 bridgehead atoms. The molecule has 0 saturated carbocycles. The van der Waals surface area contributed by atoms with Gasteiger partial charge in [-0.25, -0.2) is 9.97 Å². The van der Waals surface area contributed by atoms with Crippen LogP contribution in [0.3, 0.4) is 0 Å². The van der Waals surface area contributed by atoms with Crippen LogP contribution >= 0.6 is 0 Å². The number of pyridine rings is 2. The van der Waals surface area contributed by atoms with Gasteiger partial charge in [0.2, 0.25) is 0 Å². The number of anilines is 2. The normalized spacial score (nSPS) is 11.1. The molecular formula is C42H33N5O4. The molecule has 0 aliphatic rings. The number of aromatic nitrogens is 2. The molecule has 2 N–H and O–H groups in total. The summed E-state index contributed by atoms with van der Waals surface area (Å²) in [7, 11) is 0. The first-order valence-corrected chi connectivity index (χ1v) is 16.4. The van der Waals surface area contributed by atoms with Crippen LogP contribution in [-0.2, 0) is 0 Å². The number of nitrogens with one attached hydrogen (secondary N) is 2. The molecule has 250 valence electrons. The number of benzene rings is 5. The number of hydrogen-bond acceptors (Lipinski definition) is 6. The first-order valence-electron chi connectivity index (χ1n) is 16.4. The van der Waals surface area contributed by atoms with Crippen LogP contribution in [0.15, 0.2) is 115 Å². The summed E-state index contributed by atoms with van der Waals surface area (Å²) in [6.45, 7) is 8.10. The first-order chi connectivity index (χ1) is 24.5. The minimum Gasteiger partial charge on any atom is -0.322 e. The van der Waals surface area contributed by atoms with Gasteiger partial charge in [0.05, 0.1) is 38.5 Å². The van der Waals surface area contributed by atoms with Crippen molar-refractivity contribution >= 4 is 50.7 Å². The van der Waals surface area contributed by atoms with Gasteiger partial charge in [-0.3, -0.25) is 19.7 Å². The Morgan fingerprint density at radius 1 is 0.569 bits per heavy atom. The summed E-state index contributed by atoms with van der Waals surface area (Å²) < 4.78 is 0. The third-order valence-corrected chi connectivity index (χ3v) is 9.23. The van der Waals surface area contributed by atoms with Gasteiger partial charge in [0.25, 0.3) is 17.5 Å². The van der Waals surface area contributed by atoms with E-state index in [1.54, 1.807) is 18.2 Å². The zero-order valence-corrected chi connectivity index (χ0v) is 28.4. The van der Waals surface area contributed by atoms with Crippen LogP contribution in [0.1, 0.15) is 43.0 Å². The lowest BCUT2D eigenvalue weighted by Gasteiger charge is -2.14. The lowest BCUT2D eigenvalue weighted by Crippen LogP contribution is -2.16. The fraction of sp³-hybridized carbons (Fsp3) is 0.0952. The van der Waals surface area contributed by atoms with E-state index in [2.05, 4.69) is 10.6 Å². The van der Waals surface area contributed by atoms with E-state index in [4.69, 9.17) is 9.97 Å². The number of carbonyl (C=O) groups is 2. The second-order valence-electron chi connectivity index (χ2n) is 12.6. The molecule has 0 spiro atoms. The minimum atomic E-state index is -0.571. The molecule has 0 aliphatic heterocycles. The maximum atomic E-state index is 14.0. The zero-order chi connectivity index (χ0) is 35.8. The molecule has 7 rings (SSSR count). The summed E-state index contributed by atoms with van der Waals surface area (Å²) in [5.41, 5.74) is 9.29. The van der Waals surface area contributed by atoms with Crippen LogP contribution in [0.5, 0.6) is 0 Å². The summed E-state index contributed by atoms with van der Waals surface area (Å²) in [5.74, 6) is -0.980. The Labute approximate surface area is 294 Å². The smallest absolute Gasteiger partial charge is 0.292 e. The Morgan fingerprint density at radius 2 is 1.06 bits per heavy atom. The highest BCUT2D eigenvalue weighted by Gasteiger charge is 2.22. The van der Waals surface area contributed by atoms with Crippen LogP contribution in [0.2, 0.25) is 0 Å². The van der Waals surface area contributed by atoms with Crippen molar-refractivity contribution in [1.29, 1.82) is 0 Å². The van der Waals surface area contributed by atoms with Crippen LogP contribution < -0.4 is 10.6 Å². The van der Waals surface area contributed by atoms with E-state index < -0.39 is 16.7 Å². The number of nitro benzene ring substituents is 1. The highest BCUT2D eigenvalue weighted by Crippen LogP contribution is 2.32. The molecule has 2 aromatic heterocycles. The standard InChI is InChI=1S/C42H33N5O4/c1-24-13-15-28(19-26(24)3)37-22-33(31-9-5-7-11-35(31)44-37)41(48)43-30-17-18-40(47(50)51)39(21-30)46-42(49)34-23-38(29-16-14-25(2)27(4)20-29)45-36-12-8-6-10-32(34)36/h5-23H,1-4H3,(H,43,48)(H,46,49). The largest absolute Gasteiger partial charge is 0.322 e.